The summed E-state index contributed by atoms with van der Waals surface area (Å²) in [5, 5.41) is 0.231. The molecular formula is C4H5NOS. The molecule has 0 radical (unpaired) electrons. The molecule has 0 aromatic carbocycles. The van der Waals surface area contributed by atoms with E-state index in [0.29, 0.717) is 13.0 Å². The third-order valence-corrected chi connectivity index (χ3v) is 1.43. The van der Waals surface area contributed by atoms with Crippen molar-refractivity contribution in [2.75, 3.05) is 6.54 Å². The van der Waals surface area contributed by atoms with Crippen molar-refractivity contribution in [3.8, 4) is 0 Å². The normalized spacial score (nSPS) is 20.3. The van der Waals surface area contributed by atoms with E-state index < -0.39 is 0 Å². The molecule has 2 nitrogen and oxygen atoms in total. The highest BCUT2D eigenvalue weighted by molar-refractivity contribution is 8.24. The number of carbonyl (C=O) groups is 1. The maximum atomic E-state index is 10.3. The summed E-state index contributed by atoms with van der Waals surface area (Å²) >= 11 is 1.19. The largest absolute Gasteiger partial charge is 0.287 e. The van der Waals surface area contributed by atoms with E-state index in [9.17, 15) is 4.79 Å². The van der Waals surface area contributed by atoms with Crippen LogP contribution in [0.4, 0.5) is 0 Å². The molecule has 1 heterocycles. The van der Waals surface area contributed by atoms with E-state index >= 15 is 0 Å². The van der Waals surface area contributed by atoms with E-state index in [4.69, 9.17) is 0 Å². The topological polar surface area (TPSA) is 29.4 Å². The van der Waals surface area contributed by atoms with E-state index in [-0.39, 0.29) is 5.12 Å². The number of carbonyl (C=O) groups excluding carboxylic acids is 1. The van der Waals surface area contributed by atoms with E-state index in [1.807, 2.05) is 0 Å². The quantitative estimate of drug-likeness (QED) is 0.464. The fraction of sp³-hybridized carbons (Fsp3) is 0.500. The molecule has 0 aliphatic carbocycles. The van der Waals surface area contributed by atoms with E-state index in [1.54, 1.807) is 5.55 Å². The molecule has 0 aromatic rings. The van der Waals surface area contributed by atoms with Gasteiger partial charge < -0.3 is 0 Å². The predicted molar refractivity (Wildman–Crippen MR) is 30.6 cm³/mol. The van der Waals surface area contributed by atoms with Crippen LogP contribution in [0.5, 0.6) is 0 Å². The highest BCUT2D eigenvalue weighted by atomic mass is 32.2. The number of aliphatic imine (C=N–C) groups is 1. The minimum absolute atomic E-state index is 0.231. The Morgan fingerprint density at radius 3 is 3.00 bits per heavy atom. The zero-order valence-electron chi connectivity index (χ0n) is 3.76. The molecule has 0 aromatic heterocycles. The van der Waals surface area contributed by atoms with Crippen molar-refractivity contribution in [1.29, 1.82) is 0 Å². The zero-order chi connectivity index (χ0) is 5.11. The summed E-state index contributed by atoms with van der Waals surface area (Å²) in [6.07, 6.45) is 0.612. The molecule has 1 aliphatic rings. The van der Waals surface area contributed by atoms with Gasteiger partial charge in [-0.05, 0) is 11.8 Å². The van der Waals surface area contributed by atoms with Gasteiger partial charge in [-0.2, -0.15) is 0 Å². The average molecular weight is 115 g/mol. The summed E-state index contributed by atoms with van der Waals surface area (Å²) < 4.78 is 0. The molecule has 0 fully saturated rings. The maximum Gasteiger partial charge on any atom is 0.196 e. The van der Waals surface area contributed by atoms with Crippen molar-refractivity contribution < 1.29 is 4.79 Å². The first-order chi connectivity index (χ1) is 3.39. The van der Waals surface area contributed by atoms with Gasteiger partial charge in [-0.3, -0.25) is 9.79 Å². The van der Waals surface area contributed by atoms with Crippen LogP contribution in [-0.4, -0.2) is 17.2 Å². The van der Waals surface area contributed by atoms with Crippen LogP contribution in [0.2, 0.25) is 0 Å². The van der Waals surface area contributed by atoms with Crippen molar-refractivity contribution in [1.82, 2.24) is 0 Å². The second-order valence-electron chi connectivity index (χ2n) is 1.25. The predicted octanol–water partition coefficient (Wildman–Crippen LogP) is 0.678. The van der Waals surface area contributed by atoms with Crippen LogP contribution in [0.15, 0.2) is 4.99 Å². The van der Waals surface area contributed by atoms with Crippen LogP contribution in [0.3, 0.4) is 0 Å². The standard InChI is InChI=1S/C4H5NOS/c6-4-1-2-5-3-7-4/h3H,1-2H2. The van der Waals surface area contributed by atoms with E-state index in [0.717, 1.165) is 0 Å². The Kier molecular flexibility index (Phi) is 1.46. The van der Waals surface area contributed by atoms with Crippen LogP contribution in [0.1, 0.15) is 6.42 Å². The van der Waals surface area contributed by atoms with Gasteiger partial charge in [0.1, 0.15) is 0 Å². The summed E-state index contributed by atoms with van der Waals surface area (Å²) in [4.78, 5) is 14.2. The van der Waals surface area contributed by atoms with Crippen LogP contribution in [-0.2, 0) is 4.79 Å². The molecule has 0 saturated carbocycles. The minimum Gasteiger partial charge on any atom is -0.287 e. The number of nitrogens with zero attached hydrogens (tertiary/aromatic N) is 1. The SMILES string of the molecule is O=C1CCN=CS1. The van der Waals surface area contributed by atoms with Crippen LogP contribution < -0.4 is 0 Å². The molecule has 0 unspecified atom stereocenters. The summed E-state index contributed by atoms with van der Waals surface area (Å²) in [6, 6.07) is 0. The number of rotatable bonds is 0. The lowest BCUT2D eigenvalue weighted by Crippen LogP contribution is -1.98. The molecule has 3 heteroatoms. The molecule has 38 valence electrons. The summed E-state index contributed by atoms with van der Waals surface area (Å²) in [6.45, 7) is 0.686. The molecule has 1 rings (SSSR count). The second-order valence-corrected chi connectivity index (χ2v) is 2.15. The van der Waals surface area contributed by atoms with Crippen molar-refractivity contribution in [2.24, 2.45) is 4.99 Å². The Balaban J connectivity index is 2.47. The van der Waals surface area contributed by atoms with E-state index in [2.05, 4.69) is 4.99 Å². The Morgan fingerprint density at radius 1 is 1.86 bits per heavy atom. The molecule has 1 aliphatic heterocycles. The van der Waals surface area contributed by atoms with Gasteiger partial charge >= 0.3 is 0 Å². The van der Waals surface area contributed by atoms with Crippen molar-refractivity contribution in [3.05, 3.63) is 0 Å². The summed E-state index contributed by atoms with van der Waals surface area (Å²) in [5.74, 6) is 0. The summed E-state index contributed by atoms with van der Waals surface area (Å²) in [7, 11) is 0. The molecule has 0 amide bonds. The fourth-order valence-electron chi connectivity index (χ4n) is 0.364. The van der Waals surface area contributed by atoms with Crippen LogP contribution >= 0.6 is 11.8 Å². The number of thioether (sulfide) groups is 1. The van der Waals surface area contributed by atoms with Gasteiger partial charge in [0.05, 0.1) is 5.55 Å². The highest BCUT2D eigenvalue weighted by Crippen LogP contribution is 2.05. The van der Waals surface area contributed by atoms with Gasteiger partial charge in [-0.15, -0.1) is 0 Å². The molecule has 0 bridgehead atoms. The van der Waals surface area contributed by atoms with Crippen molar-refractivity contribution in [2.45, 2.75) is 6.42 Å². The maximum absolute atomic E-state index is 10.3. The molecule has 0 N–H and O–H groups in total. The number of hydrogen-bond acceptors (Lipinski definition) is 3. The van der Waals surface area contributed by atoms with Gasteiger partial charge in [0.25, 0.3) is 0 Å². The second kappa shape index (κ2) is 2.12. The van der Waals surface area contributed by atoms with Gasteiger partial charge in [0.15, 0.2) is 5.12 Å². The Bertz CT molecular complexity index is 110. The lowest BCUT2D eigenvalue weighted by atomic mass is 10.5. The number of hydrogen-bond donors (Lipinski definition) is 0. The molecular weight excluding hydrogens is 110 g/mol. The first-order valence-corrected chi connectivity index (χ1v) is 2.95. The van der Waals surface area contributed by atoms with Crippen LogP contribution in [0.25, 0.3) is 0 Å². The Morgan fingerprint density at radius 2 is 2.71 bits per heavy atom. The zero-order valence-corrected chi connectivity index (χ0v) is 4.57. The highest BCUT2D eigenvalue weighted by Gasteiger charge is 2.02. The molecule has 7 heavy (non-hydrogen) atoms. The molecule has 0 spiro atoms. The Labute approximate surface area is 46.0 Å². The third kappa shape index (κ3) is 1.31. The van der Waals surface area contributed by atoms with Crippen LogP contribution in [0, 0.1) is 0 Å². The monoisotopic (exact) mass is 115 g/mol. The lowest BCUT2D eigenvalue weighted by Gasteiger charge is -1.96. The van der Waals surface area contributed by atoms with Crippen molar-refractivity contribution in [3.63, 3.8) is 0 Å². The minimum atomic E-state index is 0.231. The van der Waals surface area contributed by atoms with Gasteiger partial charge in [-0.1, -0.05) is 0 Å². The van der Waals surface area contributed by atoms with Gasteiger partial charge in [-0.25, -0.2) is 0 Å². The lowest BCUT2D eigenvalue weighted by molar-refractivity contribution is -0.110. The van der Waals surface area contributed by atoms with Crippen molar-refractivity contribution >= 4 is 22.4 Å². The molecule has 0 saturated heterocycles. The first-order valence-electron chi connectivity index (χ1n) is 2.07. The third-order valence-electron chi connectivity index (χ3n) is 0.704. The first kappa shape index (κ1) is 4.84. The van der Waals surface area contributed by atoms with Gasteiger partial charge in [0, 0.05) is 13.0 Å². The molecule has 0 atom stereocenters. The fourth-order valence-corrected chi connectivity index (χ4v) is 0.870. The van der Waals surface area contributed by atoms with Gasteiger partial charge in [0.2, 0.25) is 0 Å². The van der Waals surface area contributed by atoms with E-state index in [1.165, 1.54) is 11.8 Å². The summed E-state index contributed by atoms with van der Waals surface area (Å²) in [5.41, 5.74) is 1.60. The smallest absolute Gasteiger partial charge is 0.196 e. The Hall–Kier alpha value is -0.310. The average Bonchev–Trinajstić information content (AvgIpc) is 1.69.